The third kappa shape index (κ3) is 4.11. The van der Waals surface area contributed by atoms with Crippen LogP contribution < -0.4 is 4.74 Å². The van der Waals surface area contributed by atoms with Gasteiger partial charge < -0.3 is 9.84 Å². The van der Waals surface area contributed by atoms with Gasteiger partial charge in [0.25, 0.3) is 0 Å². The number of carboxylic acid groups (broad SMARTS) is 1. The minimum atomic E-state index is -0.803. The first-order valence-corrected chi connectivity index (χ1v) is 5.64. The van der Waals surface area contributed by atoms with Crippen LogP contribution in [-0.2, 0) is 11.2 Å². The van der Waals surface area contributed by atoms with Crippen LogP contribution in [0.3, 0.4) is 0 Å². The Kier molecular flexibility index (Phi) is 5.12. The summed E-state index contributed by atoms with van der Waals surface area (Å²) in [7, 11) is 0. The number of aliphatic carboxylic acids is 1. The molecule has 88 valence electrons. The van der Waals surface area contributed by atoms with Crippen molar-refractivity contribution in [2.24, 2.45) is 0 Å². The zero-order valence-electron chi connectivity index (χ0n) is 9.20. The Morgan fingerprint density at radius 3 is 2.81 bits per heavy atom. The van der Waals surface area contributed by atoms with E-state index in [2.05, 4.69) is 0 Å². The smallest absolute Gasteiger partial charge is 0.303 e. The summed E-state index contributed by atoms with van der Waals surface area (Å²) in [4.78, 5) is 10.4. The predicted octanol–water partition coefficient (Wildman–Crippen LogP) is 3.15. The van der Waals surface area contributed by atoms with Gasteiger partial charge >= 0.3 is 5.97 Å². The van der Waals surface area contributed by atoms with Gasteiger partial charge in [-0.15, -0.1) is 0 Å². The standard InChI is InChI=1S/C12H15ClO3/c1-2-7-16-11-5-3-9(8-10(11)13)4-6-12(14)15/h3,5,8H,2,4,6-7H2,1H3,(H,14,15). The Bertz CT molecular complexity index is 363. The highest BCUT2D eigenvalue weighted by Crippen LogP contribution is 2.26. The summed E-state index contributed by atoms with van der Waals surface area (Å²) in [5.41, 5.74) is 0.913. The lowest BCUT2D eigenvalue weighted by Crippen LogP contribution is -1.99. The van der Waals surface area contributed by atoms with Crippen molar-refractivity contribution >= 4 is 17.6 Å². The van der Waals surface area contributed by atoms with Crippen molar-refractivity contribution in [2.45, 2.75) is 26.2 Å². The molecule has 3 nitrogen and oxygen atoms in total. The molecule has 0 amide bonds. The van der Waals surface area contributed by atoms with Crippen molar-refractivity contribution in [3.05, 3.63) is 28.8 Å². The second-order valence-corrected chi connectivity index (χ2v) is 3.91. The Morgan fingerprint density at radius 1 is 1.50 bits per heavy atom. The molecule has 0 aliphatic rings. The molecule has 16 heavy (non-hydrogen) atoms. The van der Waals surface area contributed by atoms with Crippen LogP contribution in [0.4, 0.5) is 0 Å². The maximum Gasteiger partial charge on any atom is 0.303 e. The normalized spacial score (nSPS) is 10.1. The van der Waals surface area contributed by atoms with Gasteiger partial charge in [-0.2, -0.15) is 0 Å². The molecule has 4 heteroatoms. The van der Waals surface area contributed by atoms with Crippen LogP contribution in [0.15, 0.2) is 18.2 Å². The second-order valence-electron chi connectivity index (χ2n) is 3.51. The average Bonchev–Trinajstić information content (AvgIpc) is 2.25. The van der Waals surface area contributed by atoms with Crippen molar-refractivity contribution in [1.82, 2.24) is 0 Å². The van der Waals surface area contributed by atoms with Crippen LogP contribution in [0.1, 0.15) is 25.3 Å². The van der Waals surface area contributed by atoms with Crippen molar-refractivity contribution in [2.75, 3.05) is 6.61 Å². The molecule has 1 aromatic carbocycles. The molecule has 0 heterocycles. The number of carboxylic acids is 1. The Balaban J connectivity index is 2.63. The number of hydrogen-bond donors (Lipinski definition) is 1. The van der Waals surface area contributed by atoms with Crippen molar-refractivity contribution < 1.29 is 14.6 Å². The lowest BCUT2D eigenvalue weighted by Gasteiger charge is -2.08. The number of rotatable bonds is 6. The quantitative estimate of drug-likeness (QED) is 0.834. The molecule has 0 spiro atoms. The molecule has 0 bridgehead atoms. The van der Waals surface area contributed by atoms with Crippen LogP contribution in [-0.4, -0.2) is 17.7 Å². The van der Waals surface area contributed by atoms with Crippen LogP contribution >= 0.6 is 11.6 Å². The van der Waals surface area contributed by atoms with Gasteiger partial charge in [-0.05, 0) is 30.5 Å². The monoisotopic (exact) mass is 242 g/mol. The van der Waals surface area contributed by atoms with Gasteiger partial charge in [-0.1, -0.05) is 24.6 Å². The molecule has 0 aliphatic heterocycles. The fraction of sp³-hybridized carbons (Fsp3) is 0.417. The zero-order chi connectivity index (χ0) is 12.0. The van der Waals surface area contributed by atoms with Crippen molar-refractivity contribution in [3.8, 4) is 5.75 Å². The lowest BCUT2D eigenvalue weighted by atomic mass is 10.1. The Labute approximate surface area is 100.0 Å². The van der Waals surface area contributed by atoms with E-state index >= 15 is 0 Å². The summed E-state index contributed by atoms with van der Waals surface area (Å²) < 4.78 is 5.42. The maximum absolute atomic E-state index is 10.4. The van der Waals surface area contributed by atoms with Gasteiger partial charge in [-0.3, -0.25) is 4.79 Å². The zero-order valence-corrected chi connectivity index (χ0v) is 9.96. The lowest BCUT2D eigenvalue weighted by molar-refractivity contribution is -0.136. The molecule has 0 unspecified atom stereocenters. The number of hydrogen-bond acceptors (Lipinski definition) is 2. The number of ether oxygens (including phenoxy) is 1. The van der Waals surface area contributed by atoms with Gasteiger partial charge in [0.05, 0.1) is 11.6 Å². The van der Waals surface area contributed by atoms with E-state index in [1.54, 1.807) is 12.1 Å². The summed E-state index contributed by atoms with van der Waals surface area (Å²) >= 11 is 6.01. The molecular weight excluding hydrogens is 228 g/mol. The minimum Gasteiger partial charge on any atom is -0.492 e. The fourth-order valence-electron chi connectivity index (χ4n) is 1.28. The molecule has 0 atom stereocenters. The third-order valence-corrected chi connectivity index (χ3v) is 2.38. The second kappa shape index (κ2) is 6.38. The topological polar surface area (TPSA) is 46.5 Å². The summed E-state index contributed by atoms with van der Waals surface area (Å²) in [6, 6.07) is 5.39. The summed E-state index contributed by atoms with van der Waals surface area (Å²) in [5.74, 6) is -0.148. The van der Waals surface area contributed by atoms with Gasteiger partial charge in [0.2, 0.25) is 0 Å². The maximum atomic E-state index is 10.4. The summed E-state index contributed by atoms with van der Waals surface area (Å²) in [5, 5.41) is 9.10. The molecule has 0 saturated carbocycles. The van der Waals surface area contributed by atoms with E-state index in [-0.39, 0.29) is 6.42 Å². The van der Waals surface area contributed by atoms with Gasteiger partial charge in [-0.25, -0.2) is 0 Å². The van der Waals surface area contributed by atoms with Gasteiger partial charge in [0.15, 0.2) is 0 Å². The first kappa shape index (κ1) is 12.8. The third-order valence-electron chi connectivity index (χ3n) is 2.09. The van der Waals surface area contributed by atoms with Crippen LogP contribution in [0.25, 0.3) is 0 Å². The molecule has 0 radical (unpaired) electrons. The molecule has 1 rings (SSSR count). The van der Waals surface area contributed by atoms with E-state index in [1.165, 1.54) is 0 Å². The van der Waals surface area contributed by atoms with Crippen LogP contribution in [0.5, 0.6) is 5.75 Å². The molecular formula is C12H15ClO3. The van der Waals surface area contributed by atoms with Gasteiger partial charge in [0.1, 0.15) is 5.75 Å². The van der Waals surface area contributed by atoms with E-state index in [1.807, 2.05) is 13.0 Å². The number of carbonyl (C=O) groups is 1. The summed E-state index contributed by atoms with van der Waals surface area (Å²) in [6.45, 7) is 2.66. The molecule has 0 aromatic heterocycles. The van der Waals surface area contributed by atoms with Crippen LogP contribution in [0.2, 0.25) is 5.02 Å². The van der Waals surface area contributed by atoms with E-state index in [4.69, 9.17) is 21.4 Å². The van der Waals surface area contributed by atoms with E-state index in [9.17, 15) is 4.79 Å². The summed E-state index contributed by atoms with van der Waals surface area (Å²) in [6.07, 6.45) is 1.53. The number of halogens is 1. The van der Waals surface area contributed by atoms with Crippen molar-refractivity contribution in [3.63, 3.8) is 0 Å². The first-order valence-electron chi connectivity index (χ1n) is 5.26. The number of aryl methyl sites for hydroxylation is 1. The Morgan fingerprint density at radius 2 is 2.25 bits per heavy atom. The minimum absolute atomic E-state index is 0.117. The van der Waals surface area contributed by atoms with E-state index < -0.39 is 5.97 Å². The average molecular weight is 243 g/mol. The Hall–Kier alpha value is -1.22. The molecule has 0 aliphatic carbocycles. The molecule has 1 N–H and O–H groups in total. The van der Waals surface area contributed by atoms with Gasteiger partial charge in [0, 0.05) is 6.42 Å². The molecule has 0 fully saturated rings. The largest absolute Gasteiger partial charge is 0.492 e. The highest BCUT2D eigenvalue weighted by molar-refractivity contribution is 6.32. The van der Waals surface area contributed by atoms with E-state index in [0.717, 1.165) is 12.0 Å². The highest BCUT2D eigenvalue weighted by Gasteiger charge is 2.04. The van der Waals surface area contributed by atoms with Crippen LogP contribution in [0, 0.1) is 0 Å². The molecule has 0 saturated heterocycles. The van der Waals surface area contributed by atoms with E-state index in [0.29, 0.717) is 23.8 Å². The number of benzene rings is 1. The van der Waals surface area contributed by atoms with Crippen molar-refractivity contribution in [1.29, 1.82) is 0 Å². The highest BCUT2D eigenvalue weighted by atomic mass is 35.5. The molecule has 1 aromatic rings. The first-order chi connectivity index (χ1) is 7.63. The SMILES string of the molecule is CCCOc1ccc(CCC(=O)O)cc1Cl. The fourth-order valence-corrected chi connectivity index (χ4v) is 1.54. The predicted molar refractivity (Wildman–Crippen MR) is 63.2 cm³/mol.